The molecule has 0 bridgehead atoms. The van der Waals surface area contributed by atoms with Crippen LogP contribution in [-0.2, 0) is 5.54 Å². The van der Waals surface area contributed by atoms with Crippen LogP contribution >= 0.6 is 0 Å². The quantitative estimate of drug-likeness (QED) is 0.615. The monoisotopic (exact) mass is 265 g/mol. The van der Waals surface area contributed by atoms with Crippen molar-refractivity contribution in [2.45, 2.75) is 70.8 Å². The summed E-state index contributed by atoms with van der Waals surface area (Å²) in [6, 6.07) is 6.93. The van der Waals surface area contributed by atoms with Crippen LogP contribution in [-0.4, -0.2) is 0 Å². The van der Waals surface area contributed by atoms with Crippen LogP contribution in [0, 0.1) is 5.82 Å². The highest BCUT2D eigenvalue weighted by molar-refractivity contribution is 5.25. The first-order valence-electron chi connectivity index (χ1n) is 7.68. The predicted molar refractivity (Wildman–Crippen MR) is 80.5 cm³/mol. The van der Waals surface area contributed by atoms with Gasteiger partial charge in [-0.3, -0.25) is 0 Å². The zero-order chi connectivity index (χ0) is 14.1. The Balaban J connectivity index is 2.49. The molecule has 0 amide bonds. The molecular weight excluding hydrogens is 237 g/mol. The standard InChI is InChI=1S/C17H28FN/c1-3-5-6-7-8-11-14-17(19,4-2)15-12-9-10-13-16(15)18/h9-10,12-13H,3-8,11,14,19H2,1-2H3. The van der Waals surface area contributed by atoms with Crippen LogP contribution in [0.3, 0.4) is 0 Å². The highest BCUT2D eigenvalue weighted by atomic mass is 19.1. The van der Waals surface area contributed by atoms with Crippen molar-refractivity contribution in [1.29, 1.82) is 0 Å². The molecule has 2 N–H and O–H groups in total. The predicted octanol–water partition coefficient (Wildman–Crippen LogP) is 5.14. The fourth-order valence-corrected chi connectivity index (χ4v) is 2.59. The number of hydrogen-bond donors (Lipinski definition) is 1. The molecule has 0 spiro atoms. The second kappa shape index (κ2) is 8.31. The maximum atomic E-state index is 13.9. The Morgan fingerprint density at radius 3 is 2.26 bits per heavy atom. The van der Waals surface area contributed by atoms with E-state index in [-0.39, 0.29) is 5.82 Å². The molecule has 1 rings (SSSR count). The maximum absolute atomic E-state index is 13.9. The van der Waals surface area contributed by atoms with Gasteiger partial charge in [0.15, 0.2) is 0 Å². The van der Waals surface area contributed by atoms with Crippen molar-refractivity contribution in [1.82, 2.24) is 0 Å². The maximum Gasteiger partial charge on any atom is 0.128 e. The van der Waals surface area contributed by atoms with Crippen molar-refractivity contribution >= 4 is 0 Å². The van der Waals surface area contributed by atoms with Gasteiger partial charge >= 0.3 is 0 Å². The third kappa shape index (κ3) is 4.94. The van der Waals surface area contributed by atoms with Gasteiger partial charge in [-0.15, -0.1) is 0 Å². The summed E-state index contributed by atoms with van der Waals surface area (Å²) in [7, 11) is 0. The van der Waals surface area contributed by atoms with Gasteiger partial charge in [-0.2, -0.15) is 0 Å². The molecule has 1 unspecified atom stereocenters. The van der Waals surface area contributed by atoms with E-state index < -0.39 is 5.54 Å². The summed E-state index contributed by atoms with van der Waals surface area (Å²) >= 11 is 0. The lowest BCUT2D eigenvalue weighted by atomic mass is 9.83. The van der Waals surface area contributed by atoms with Gasteiger partial charge in [-0.25, -0.2) is 4.39 Å². The fraction of sp³-hybridized carbons (Fsp3) is 0.647. The van der Waals surface area contributed by atoms with Crippen molar-refractivity contribution in [2.75, 3.05) is 0 Å². The third-order valence-corrected chi connectivity index (χ3v) is 4.02. The van der Waals surface area contributed by atoms with E-state index in [1.807, 2.05) is 19.1 Å². The third-order valence-electron chi connectivity index (χ3n) is 4.02. The van der Waals surface area contributed by atoms with Gasteiger partial charge in [0.1, 0.15) is 5.82 Å². The molecule has 1 aromatic carbocycles. The number of halogens is 1. The van der Waals surface area contributed by atoms with E-state index in [4.69, 9.17) is 5.73 Å². The molecule has 1 atom stereocenters. The van der Waals surface area contributed by atoms with Gasteiger partial charge in [0.05, 0.1) is 0 Å². The Morgan fingerprint density at radius 1 is 1.00 bits per heavy atom. The van der Waals surface area contributed by atoms with Crippen molar-refractivity contribution in [3.05, 3.63) is 35.6 Å². The lowest BCUT2D eigenvalue weighted by molar-refractivity contribution is 0.358. The van der Waals surface area contributed by atoms with E-state index in [0.29, 0.717) is 5.56 Å². The number of nitrogens with two attached hydrogens (primary N) is 1. The normalized spacial score (nSPS) is 14.3. The van der Waals surface area contributed by atoms with Crippen LogP contribution in [0.1, 0.15) is 70.8 Å². The minimum Gasteiger partial charge on any atom is -0.321 e. The average molecular weight is 265 g/mol. The molecular formula is C17H28FN. The summed E-state index contributed by atoms with van der Waals surface area (Å²) in [5.74, 6) is -0.169. The Hall–Kier alpha value is -0.890. The minimum absolute atomic E-state index is 0.169. The molecule has 1 aromatic rings. The van der Waals surface area contributed by atoms with Gasteiger partial charge in [0, 0.05) is 11.1 Å². The molecule has 108 valence electrons. The highest BCUT2D eigenvalue weighted by Crippen LogP contribution is 2.30. The van der Waals surface area contributed by atoms with E-state index >= 15 is 0 Å². The summed E-state index contributed by atoms with van der Waals surface area (Å²) in [5, 5.41) is 0. The zero-order valence-corrected chi connectivity index (χ0v) is 12.4. The molecule has 0 aliphatic heterocycles. The second-order valence-electron chi connectivity index (χ2n) is 5.51. The van der Waals surface area contributed by atoms with Crippen molar-refractivity contribution in [3.63, 3.8) is 0 Å². The second-order valence-corrected chi connectivity index (χ2v) is 5.51. The Kier molecular flexibility index (Phi) is 7.07. The number of unbranched alkanes of at least 4 members (excludes halogenated alkanes) is 5. The summed E-state index contributed by atoms with van der Waals surface area (Å²) in [5.41, 5.74) is 6.59. The molecule has 0 fully saturated rings. The highest BCUT2D eigenvalue weighted by Gasteiger charge is 2.27. The Labute approximate surface area is 117 Å². The first-order chi connectivity index (χ1) is 9.14. The summed E-state index contributed by atoms with van der Waals surface area (Å²) in [6.07, 6.45) is 9.10. The van der Waals surface area contributed by atoms with Crippen molar-refractivity contribution in [2.24, 2.45) is 5.73 Å². The number of rotatable bonds is 9. The molecule has 0 heterocycles. The minimum atomic E-state index is -0.504. The van der Waals surface area contributed by atoms with Gasteiger partial charge in [-0.05, 0) is 18.9 Å². The van der Waals surface area contributed by atoms with E-state index in [1.165, 1.54) is 38.2 Å². The lowest BCUT2D eigenvalue weighted by Gasteiger charge is -2.29. The SMILES string of the molecule is CCCCCCCCC(N)(CC)c1ccccc1F. The summed E-state index contributed by atoms with van der Waals surface area (Å²) in [6.45, 7) is 4.27. The average Bonchev–Trinajstić information content (AvgIpc) is 2.43. The molecule has 0 aliphatic carbocycles. The molecule has 0 saturated carbocycles. The molecule has 1 nitrogen and oxygen atoms in total. The molecule has 0 aliphatic rings. The Morgan fingerprint density at radius 2 is 1.63 bits per heavy atom. The van der Waals surface area contributed by atoms with Crippen LogP contribution < -0.4 is 5.73 Å². The number of hydrogen-bond acceptors (Lipinski definition) is 1. The van der Waals surface area contributed by atoms with E-state index in [2.05, 4.69) is 6.92 Å². The van der Waals surface area contributed by atoms with Gasteiger partial charge in [0.25, 0.3) is 0 Å². The van der Waals surface area contributed by atoms with E-state index in [9.17, 15) is 4.39 Å². The zero-order valence-electron chi connectivity index (χ0n) is 12.4. The van der Waals surface area contributed by atoms with Crippen LogP contribution in [0.4, 0.5) is 4.39 Å². The lowest BCUT2D eigenvalue weighted by Crippen LogP contribution is -2.36. The molecule has 2 heteroatoms. The first kappa shape index (κ1) is 16.2. The topological polar surface area (TPSA) is 26.0 Å². The van der Waals surface area contributed by atoms with Gasteiger partial charge in [-0.1, -0.05) is 70.6 Å². The van der Waals surface area contributed by atoms with E-state index in [1.54, 1.807) is 6.07 Å². The molecule has 0 saturated heterocycles. The number of benzene rings is 1. The van der Waals surface area contributed by atoms with E-state index in [0.717, 1.165) is 19.3 Å². The molecule has 19 heavy (non-hydrogen) atoms. The summed E-state index contributed by atoms with van der Waals surface area (Å²) in [4.78, 5) is 0. The van der Waals surface area contributed by atoms with Crippen LogP contribution in [0.2, 0.25) is 0 Å². The van der Waals surface area contributed by atoms with Crippen molar-refractivity contribution in [3.8, 4) is 0 Å². The van der Waals surface area contributed by atoms with Crippen molar-refractivity contribution < 1.29 is 4.39 Å². The fourth-order valence-electron chi connectivity index (χ4n) is 2.59. The Bertz CT molecular complexity index is 364. The van der Waals surface area contributed by atoms with Crippen LogP contribution in [0.15, 0.2) is 24.3 Å². The first-order valence-corrected chi connectivity index (χ1v) is 7.68. The smallest absolute Gasteiger partial charge is 0.128 e. The van der Waals surface area contributed by atoms with Crippen LogP contribution in [0.25, 0.3) is 0 Å². The van der Waals surface area contributed by atoms with Crippen LogP contribution in [0.5, 0.6) is 0 Å². The van der Waals surface area contributed by atoms with Gasteiger partial charge < -0.3 is 5.73 Å². The van der Waals surface area contributed by atoms with Gasteiger partial charge in [0.2, 0.25) is 0 Å². The summed E-state index contributed by atoms with van der Waals surface area (Å²) < 4.78 is 13.9. The molecule has 0 aromatic heterocycles. The molecule has 0 radical (unpaired) electrons. The largest absolute Gasteiger partial charge is 0.321 e.